The van der Waals surface area contributed by atoms with Crippen LogP contribution in [0.4, 0.5) is 0 Å². The molecule has 2 aromatic carbocycles. The fourth-order valence-corrected chi connectivity index (χ4v) is 3.71. The van der Waals surface area contributed by atoms with Gasteiger partial charge in [-0.1, -0.05) is 47.7 Å². The summed E-state index contributed by atoms with van der Waals surface area (Å²) in [6.45, 7) is 5.72. The molecule has 26 heavy (non-hydrogen) atoms. The highest BCUT2D eigenvalue weighted by atomic mass is 35.5. The van der Waals surface area contributed by atoms with Crippen LogP contribution in [0.2, 0.25) is 5.02 Å². The third-order valence-corrected chi connectivity index (χ3v) is 5.17. The maximum Gasteiger partial charge on any atom is 0.0919 e. The Hall–Kier alpha value is -2.12. The fourth-order valence-electron chi connectivity index (χ4n) is 2.74. The van der Waals surface area contributed by atoms with Crippen molar-refractivity contribution in [2.75, 3.05) is 20.1 Å². The molecule has 0 saturated carbocycles. The molecule has 0 saturated heterocycles. The number of fused-ring (bicyclic) bond motifs is 1. The monoisotopic (exact) mass is 380 g/mol. The Labute approximate surface area is 164 Å². The van der Waals surface area contributed by atoms with Gasteiger partial charge in [-0.15, -0.1) is 6.58 Å². The van der Waals surface area contributed by atoms with E-state index in [1.54, 1.807) is 0 Å². The molecule has 0 aliphatic carbocycles. The number of nitrogens with zero attached hydrogens (tertiary/aromatic N) is 2. The molecule has 0 fully saturated rings. The summed E-state index contributed by atoms with van der Waals surface area (Å²) in [5, 5.41) is 1.90. The molecule has 2 nitrogen and oxygen atoms in total. The van der Waals surface area contributed by atoms with Gasteiger partial charge >= 0.3 is 0 Å². The van der Waals surface area contributed by atoms with E-state index < -0.39 is 0 Å². The summed E-state index contributed by atoms with van der Waals surface area (Å²) in [4.78, 5) is 2.25. The van der Waals surface area contributed by atoms with Crippen LogP contribution in [-0.2, 0) is 0 Å². The molecular formula is C22H21ClN2S. The standard InChI is InChI=1S/C22H21ClN2S/c1-3-14-25(2)15-6-4-5-7-17-8-13-20-21(16-17)26-24-22(20)18-9-11-19(23)12-10-18/h3,8-13,16H,1,4,6,14-15H2,2H3. The summed E-state index contributed by atoms with van der Waals surface area (Å²) in [5.41, 5.74) is 3.14. The predicted molar refractivity (Wildman–Crippen MR) is 114 cm³/mol. The molecule has 4 heteroatoms. The van der Waals surface area contributed by atoms with E-state index in [0.717, 1.165) is 57.9 Å². The van der Waals surface area contributed by atoms with E-state index in [4.69, 9.17) is 11.6 Å². The first kappa shape index (κ1) is 18.7. The van der Waals surface area contributed by atoms with E-state index in [-0.39, 0.29) is 0 Å². The maximum absolute atomic E-state index is 5.98. The van der Waals surface area contributed by atoms with Crippen molar-refractivity contribution in [1.82, 2.24) is 9.27 Å². The number of unbranched alkanes of at least 4 members (excludes halogenated alkanes) is 1. The summed E-state index contributed by atoms with van der Waals surface area (Å²) in [6.07, 6.45) is 3.90. The molecule has 0 unspecified atom stereocenters. The fraction of sp³-hybridized carbons (Fsp3) is 0.227. The summed E-state index contributed by atoms with van der Waals surface area (Å²) in [5.74, 6) is 6.55. The SMILES string of the molecule is C=CCN(C)CCCC#Cc1ccc2c(-c3ccc(Cl)cc3)nsc2c1. The lowest BCUT2D eigenvalue weighted by atomic mass is 10.1. The van der Waals surface area contributed by atoms with Crippen LogP contribution < -0.4 is 0 Å². The maximum atomic E-state index is 5.98. The van der Waals surface area contributed by atoms with Crippen molar-refractivity contribution >= 4 is 33.2 Å². The normalized spacial score (nSPS) is 10.7. The predicted octanol–water partition coefficient (Wildman–Crippen LogP) is 5.87. The first-order valence-corrected chi connectivity index (χ1v) is 9.76. The second-order valence-electron chi connectivity index (χ2n) is 6.21. The molecule has 0 atom stereocenters. The Morgan fingerprint density at radius 2 is 2.04 bits per heavy atom. The Kier molecular flexibility index (Phi) is 6.46. The zero-order valence-corrected chi connectivity index (χ0v) is 16.4. The average molecular weight is 381 g/mol. The molecule has 1 aromatic heterocycles. The van der Waals surface area contributed by atoms with Gasteiger partial charge in [-0.3, -0.25) is 0 Å². The smallest absolute Gasteiger partial charge is 0.0919 e. The van der Waals surface area contributed by atoms with Gasteiger partial charge in [0, 0.05) is 34.5 Å². The van der Waals surface area contributed by atoms with Gasteiger partial charge in [-0.25, -0.2) is 0 Å². The van der Waals surface area contributed by atoms with Crippen LogP contribution in [0.1, 0.15) is 18.4 Å². The molecule has 3 rings (SSSR count). The number of hydrogen-bond acceptors (Lipinski definition) is 3. The van der Waals surface area contributed by atoms with Gasteiger partial charge in [-0.2, -0.15) is 4.37 Å². The van der Waals surface area contributed by atoms with Gasteiger partial charge in [-0.05, 0) is 55.8 Å². The van der Waals surface area contributed by atoms with E-state index in [0.29, 0.717) is 0 Å². The van der Waals surface area contributed by atoms with Crippen molar-refractivity contribution in [2.24, 2.45) is 0 Å². The van der Waals surface area contributed by atoms with Gasteiger partial charge in [0.2, 0.25) is 0 Å². The van der Waals surface area contributed by atoms with Crippen molar-refractivity contribution in [3.8, 4) is 23.1 Å². The highest BCUT2D eigenvalue weighted by molar-refractivity contribution is 7.13. The second-order valence-corrected chi connectivity index (χ2v) is 7.45. The number of likely N-dealkylation sites (N-methyl/N-ethyl adjacent to an activating group) is 1. The third-order valence-electron chi connectivity index (χ3n) is 4.10. The first-order valence-electron chi connectivity index (χ1n) is 8.61. The molecule has 3 aromatic rings. The van der Waals surface area contributed by atoms with Crippen LogP contribution in [0.25, 0.3) is 21.3 Å². The zero-order chi connectivity index (χ0) is 18.4. The van der Waals surface area contributed by atoms with Gasteiger partial charge in [0.05, 0.1) is 10.4 Å². The van der Waals surface area contributed by atoms with Gasteiger partial charge < -0.3 is 4.90 Å². The lowest BCUT2D eigenvalue weighted by Gasteiger charge is -2.12. The zero-order valence-electron chi connectivity index (χ0n) is 14.8. The van der Waals surface area contributed by atoms with Crippen LogP contribution in [0.15, 0.2) is 55.1 Å². The number of hydrogen-bond donors (Lipinski definition) is 0. The highest BCUT2D eigenvalue weighted by Crippen LogP contribution is 2.31. The second kappa shape index (κ2) is 9.00. The molecule has 1 heterocycles. The molecule has 0 spiro atoms. The van der Waals surface area contributed by atoms with E-state index in [1.165, 1.54) is 11.5 Å². The molecule has 0 radical (unpaired) electrons. The number of benzene rings is 2. The number of aromatic nitrogens is 1. The largest absolute Gasteiger partial charge is 0.303 e. The Bertz CT molecular complexity index is 948. The van der Waals surface area contributed by atoms with E-state index >= 15 is 0 Å². The third kappa shape index (κ3) is 4.74. The molecule has 0 N–H and O–H groups in total. The van der Waals surface area contributed by atoms with Crippen molar-refractivity contribution in [3.05, 3.63) is 65.7 Å². The summed E-state index contributed by atoms with van der Waals surface area (Å²) in [7, 11) is 2.10. The van der Waals surface area contributed by atoms with E-state index in [1.807, 2.05) is 30.3 Å². The number of halogens is 1. The minimum Gasteiger partial charge on any atom is -0.303 e. The molecule has 0 bridgehead atoms. The van der Waals surface area contributed by atoms with Crippen LogP contribution >= 0.6 is 23.1 Å². The van der Waals surface area contributed by atoms with Crippen molar-refractivity contribution in [1.29, 1.82) is 0 Å². The molecule has 132 valence electrons. The lowest BCUT2D eigenvalue weighted by molar-refractivity contribution is 0.366. The molecular weight excluding hydrogens is 360 g/mol. The summed E-state index contributed by atoms with van der Waals surface area (Å²) < 4.78 is 5.78. The summed E-state index contributed by atoms with van der Waals surface area (Å²) >= 11 is 7.49. The van der Waals surface area contributed by atoms with Crippen LogP contribution in [-0.4, -0.2) is 29.4 Å². The Balaban J connectivity index is 1.68. The Morgan fingerprint density at radius 1 is 1.23 bits per heavy atom. The quantitative estimate of drug-likeness (QED) is 0.302. The molecule has 0 aliphatic heterocycles. The van der Waals surface area contributed by atoms with Crippen molar-refractivity contribution in [2.45, 2.75) is 12.8 Å². The minimum absolute atomic E-state index is 0.738. The van der Waals surface area contributed by atoms with Crippen molar-refractivity contribution < 1.29 is 0 Å². The van der Waals surface area contributed by atoms with Crippen molar-refractivity contribution in [3.63, 3.8) is 0 Å². The van der Waals surface area contributed by atoms with Crippen LogP contribution in [0.3, 0.4) is 0 Å². The first-order chi connectivity index (χ1) is 12.7. The topological polar surface area (TPSA) is 16.1 Å². The summed E-state index contributed by atoms with van der Waals surface area (Å²) in [6, 6.07) is 14.1. The van der Waals surface area contributed by atoms with E-state index in [2.05, 4.69) is 52.9 Å². The minimum atomic E-state index is 0.738. The van der Waals surface area contributed by atoms with Crippen LogP contribution in [0.5, 0.6) is 0 Å². The van der Waals surface area contributed by atoms with Gasteiger partial charge in [0.15, 0.2) is 0 Å². The molecule has 0 amide bonds. The highest BCUT2D eigenvalue weighted by Gasteiger charge is 2.08. The number of rotatable bonds is 6. The Morgan fingerprint density at radius 3 is 2.81 bits per heavy atom. The van der Waals surface area contributed by atoms with Gasteiger partial charge in [0.1, 0.15) is 0 Å². The lowest BCUT2D eigenvalue weighted by Crippen LogP contribution is -2.19. The van der Waals surface area contributed by atoms with Gasteiger partial charge in [0.25, 0.3) is 0 Å². The molecule has 0 aliphatic rings. The van der Waals surface area contributed by atoms with Crippen LogP contribution in [0, 0.1) is 11.8 Å². The van der Waals surface area contributed by atoms with E-state index in [9.17, 15) is 0 Å². The average Bonchev–Trinajstić information content (AvgIpc) is 3.05.